The third kappa shape index (κ3) is 1.99. The van der Waals surface area contributed by atoms with Crippen LogP contribution in [-0.2, 0) is 0 Å². The minimum atomic E-state index is 0.718. The average Bonchev–Trinajstić information content (AvgIpc) is 2.29. The summed E-state index contributed by atoms with van der Waals surface area (Å²) in [6, 6.07) is 4.22. The van der Waals surface area contributed by atoms with E-state index >= 15 is 0 Å². The quantitative estimate of drug-likeness (QED) is 0.821. The van der Waals surface area contributed by atoms with E-state index in [9.17, 15) is 0 Å². The fraction of sp³-hybridized carbons (Fsp3) is 0.312. The highest BCUT2D eigenvalue weighted by molar-refractivity contribution is 5.73. The molecule has 0 radical (unpaired) electrons. The Morgan fingerprint density at radius 3 is 1.89 bits per heavy atom. The first-order valence-corrected chi connectivity index (χ1v) is 6.21. The van der Waals surface area contributed by atoms with Crippen LogP contribution in [0.1, 0.15) is 27.8 Å². The average molecular weight is 240 g/mol. The summed E-state index contributed by atoms with van der Waals surface area (Å²) in [5.41, 5.74) is 15.2. The van der Waals surface area contributed by atoms with Crippen LogP contribution in [0.3, 0.4) is 0 Å². The number of hydrogen-bond acceptors (Lipinski definition) is 2. The fourth-order valence-corrected chi connectivity index (χ4v) is 2.43. The standard InChI is InChI=1S/C16H20N2/c1-9-6-10(2)13(5)15(12(9)4)16-11(3)7-14(17)8-18-16/h6-8H,17H2,1-5H3. The smallest absolute Gasteiger partial charge is 0.0738 e. The summed E-state index contributed by atoms with van der Waals surface area (Å²) in [7, 11) is 0. The highest BCUT2D eigenvalue weighted by Crippen LogP contribution is 2.32. The lowest BCUT2D eigenvalue weighted by atomic mass is 9.90. The Hall–Kier alpha value is -1.83. The van der Waals surface area contributed by atoms with Gasteiger partial charge in [0.15, 0.2) is 0 Å². The number of aromatic nitrogens is 1. The van der Waals surface area contributed by atoms with E-state index in [1.807, 2.05) is 6.07 Å². The number of aryl methyl sites for hydroxylation is 3. The van der Waals surface area contributed by atoms with Crippen LogP contribution in [0, 0.1) is 34.6 Å². The molecule has 18 heavy (non-hydrogen) atoms. The van der Waals surface area contributed by atoms with Crippen molar-refractivity contribution in [2.24, 2.45) is 0 Å². The maximum absolute atomic E-state index is 5.78. The highest BCUT2D eigenvalue weighted by Gasteiger charge is 2.13. The van der Waals surface area contributed by atoms with E-state index in [2.05, 4.69) is 45.7 Å². The number of rotatable bonds is 1. The zero-order valence-corrected chi connectivity index (χ0v) is 11.8. The molecule has 1 aromatic carbocycles. The Labute approximate surface area is 109 Å². The zero-order valence-electron chi connectivity index (χ0n) is 11.8. The highest BCUT2D eigenvalue weighted by atomic mass is 14.7. The second-order valence-electron chi connectivity index (χ2n) is 5.07. The number of anilines is 1. The Morgan fingerprint density at radius 1 is 0.833 bits per heavy atom. The molecule has 0 fully saturated rings. The van der Waals surface area contributed by atoms with E-state index in [1.54, 1.807) is 6.20 Å². The number of pyridine rings is 1. The van der Waals surface area contributed by atoms with Crippen molar-refractivity contribution in [2.45, 2.75) is 34.6 Å². The van der Waals surface area contributed by atoms with Crippen molar-refractivity contribution < 1.29 is 0 Å². The van der Waals surface area contributed by atoms with E-state index in [4.69, 9.17) is 5.73 Å². The number of nitrogen functional groups attached to an aromatic ring is 1. The van der Waals surface area contributed by atoms with Crippen LogP contribution in [0.25, 0.3) is 11.3 Å². The van der Waals surface area contributed by atoms with Crippen molar-refractivity contribution in [1.82, 2.24) is 4.98 Å². The molecule has 0 saturated heterocycles. The summed E-state index contributed by atoms with van der Waals surface area (Å²) in [4.78, 5) is 4.53. The number of benzene rings is 1. The van der Waals surface area contributed by atoms with Gasteiger partial charge in [0.2, 0.25) is 0 Å². The third-order valence-electron chi connectivity index (χ3n) is 3.70. The Balaban J connectivity index is 2.78. The minimum absolute atomic E-state index is 0.718. The monoisotopic (exact) mass is 240 g/mol. The molecule has 0 amide bonds. The molecule has 2 aromatic rings. The predicted octanol–water partition coefficient (Wildman–Crippen LogP) is 3.87. The molecule has 1 heterocycles. The maximum atomic E-state index is 5.78. The van der Waals surface area contributed by atoms with Gasteiger partial charge in [-0.3, -0.25) is 4.98 Å². The van der Waals surface area contributed by atoms with Crippen LogP contribution < -0.4 is 5.73 Å². The molecule has 0 unspecified atom stereocenters. The zero-order chi connectivity index (χ0) is 13.4. The first-order valence-electron chi connectivity index (χ1n) is 6.21. The third-order valence-corrected chi connectivity index (χ3v) is 3.70. The van der Waals surface area contributed by atoms with E-state index in [0.29, 0.717) is 0 Å². The van der Waals surface area contributed by atoms with E-state index in [0.717, 1.165) is 16.9 Å². The topological polar surface area (TPSA) is 38.9 Å². The van der Waals surface area contributed by atoms with Crippen LogP contribution in [0.15, 0.2) is 18.3 Å². The second kappa shape index (κ2) is 4.45. The lowest BCUT2D eigenvalue weighted by Gasteiger charge is -2.16. The van der Waals surface area contributed by atoms with Gasteiger partial charge in [-0.15, -0.1) is 0 Å². The largest absolute Gasteiger partial charge is 0.397 e. The molecule has 2 nitrogen and oxygen atoms in total. The van der Waals surface area contributed by atoms with Crippen LogP contribution in [0.4, 0.5) is 5.69 Å². The van der Waals surface area contributed by atoms with Crippen molar-refractivity contribution >= 4 is 5.69 Å². The molecule has 0 bridgehead atoms. The summed E-state index contributed by atoms with van der Waals surface area (Å²) >= 11 is 0. The first kappa shape index (κ1) is 12.6. The Bertz CT molecular complexity index is 587. The van der Waals surface area contributed by atoms with Crippen LogP contribution in [0.2, 0.25) is 0 Å². The van der Waals surface area contributed by atoms with Crippen LogP contribution in [0.5, 0.6) is 0 Å². The number of nitrogens with two attached hydrogens (primary N) is 1. The molecule has 2 N–H and O–H groups in total. The summed E-state index contributed by atoms with van der Waals surface area (Å²) in [6.07, 6.45) is 1.74. The number of nitrogens with zero attached hydrogens (tertiary/aromatic N) is 1. The lowest BCUT2D eigenvalue weighted by molar-refractivity contribution is 1.20. The molecular formula is C16H20N2. The molecule has 94 valence electrons. The summed E-state index contributed by atoms with van der Waals surface area (Å²) in [6.45, 7) is 10.7. The SMILES string of the molecule is Cc1cc(N)cnc1-c1c(C)c(C)cc(C)c1C. The molecule has 2 heteroatoms. The van der Waals surface area contributed by atoms with Gasteiger partial charge in [0, 0.05) is 5.56 Å². The second-order valence-corrected chi connectivity index (χ2v) is 5.07. The normalized spacial score (nSPS) is 10.7. The maximum Gasteiger partial charge on any atom is 0.0738 e. The molecule has 2 rings (SSSR count). The van der Waals surface area contributed by atoms with Crippen molar-refractivity contribution in [1.29, 1.82) is 0 Å². The van der Waals surface area contributed by atoms with Gasteiger partial charge >= 0.3 is 0 Å². The van der Waals surface area contributed by atoms with Gasteiger partial charge in [0.05, 0.1) is 17.6 Å². The molecule has 0 aliphatic rings. The van der Waals surface area contributed by atoms with Gasteiger partial charge in [-0.05, 0) is 68.5 Å². The molecule has 0 aliphatic heterocycles. The van der Waals surface area contributed by atoms with E-state index < -0.39 is 0 Å². The van der Waals surface area contributed by atoms with Crippen molar-refractivity contribution in [3.8, 4) is 11.3 Å². The molecule has 1 aromatic heterocycles. The van der Waals surface area contributed by atoms with Crippen molar-refractivity contribution in [3.63, 3.8) is 0 Å². The summed E-state index contributed by atoms with van der Waals surface area (Å²) in [5, 5.41) is 0. The summed E-state index contributed by atoms with van der Waals surface area (Å²) < 4.78 is 0. The van der Waals surface area contributed by atoms with Gasteiger partial charge < -0.3 is 5.73 Å². The molecule has 0 atom stereocenters. The fourth-order valence-electron chi connectivity index (χ4n) is 2.43. The number of hydrogen-bond donors (Lipinski definition) is 1. The van der Waals surface area contributed by atoms with Gasteiger partial charge in [0.1, 0.15) is 0 Å². The van der Waals surface area contributed by atoms with Gasteiger partial charge in [-0.2, -0.15) is 0 Å². The molecule has 0 spiro atoms. The van der Waals surface area contributed by atoms with Gasteiger partial charge in [0.25, 0.3) is 0 Å². The van der Waals surface area contributed by atoms with Crippen molar-refractivity contribution in [2.75, 3.05) is 5.73 Å². The molecule has 0 aliphatic carbocycles. The molecule has 0 saturated carbocycles. The van der Waals surface area contributed by atoms with Crippen LogP contribution in [-0.4, -0.2) is 4.98 Å². The minimum Gasteiger partial charge on any atom is -0.397 e. The van der Waals surface area contributed by atoms with Gasteiger partial charge in [-0.1, -0.05) is 6.07 Å². The van der Waals surface area contributed by atoms with Crippen LogP contribution >= 0.6 is 0 Å². The van der Waals surface area contributed by atoms with Crippen molar-refractivity contribution in [3.05, 3.63) is 46.1 Å². The lowest BCUT2D eigenvalue weighted by Crippen LogP contribution is -1.99. The Morgan fingerprint density at radius 2 is 1.39 bits per heavy atom. The first-order chi connectivity index (χ1) is 8.41. The predicted molar refractivity (Wildman–Crippen MR) is 77.8 cm³/mol. The van der Waals surface area contributed by atoms with E-state index in [1.165, 1.54) is 27.8 Å². The summed E-state index contributed by atoms with van der Waals surface area (Å²) in [5.74, 6) is 0. The van der Waals surface area contributed by atoms with Gasteiger partial charge in [-0.25, -0.2) is 0 Å². The van der Waals surface area contributed by atoms with E-state index in [-0.39, 0.29) is 0 Å². The Kier molecular flexibility index (Phi) is 3.12. The molecular weight excluding hydrogens is 220 g/mol.